The maximum Gasteiger partial charge on any atom is 0.101 e. The van der Waals surface area contributed by atoms with Gasteiger partial charge < -0.3 is 10.5 Å². The van der Waals surface area contributed by atoms with E-state index in [0.29, 0.717) is 0 Å². The predicted molar refractivity (Wildman–Crippen MR) is 37.0 cm³/mol. The number of hydrogen-bond donors (Lipinski definition) is 2. The first-order valence-corrected chi connectivity index (χ1v) is 3.62. The van der Waals surface area contributed by atoms with Crippen LogP contribution in [-0.2, 0) is 4.74 Å². The van der Waals surface area contributed by atoms with Crippen molar-refractivity contribution in [2.24, 2.45) is 11.6 Å². The standard InChI is InChI=1S/C6H13N3O/c7-5-3-9(8)4-6(5)1-2-10-6/h5H,1-4,7-8H2. The van der Waals surface area contributed by atoms with E-state index in [9.17, 15) is 0 Å². The average Bonchev–Trinajstić information content (AvgIpc) is 2.04. The van der Waals surface area contributed by atoms with Crippen molar-refractivity contribution < 1.29 is 4.74 Å². The van der Waals surface area contributed by atoms with Gasteiger partial charge in [0.05, 0.1) is 6.61 Å². The van der Waals surface area contributed by atoms with Crippen LogP contribution in [0.1, 0.15) is 6.42 Å². The monoisotopic (exact) mass is 143 g/mol. The molecule has 0 amide bonds. The lowest BCUT2D eigenvalue weighted by Crippen LogP contribution is -2.56. The Morgan fingerprint density at radius 3 is 2.50 bits per heavy atom. The van der Waals surface area contributed by atoms with Crippen molar-refractivity contribution in [3.8, 4) is 0 Å². The Hall–Kier alpha value is -0.160. The fourth-order valence-electron chi connectivity index (χ4n) is 1.73. The first kappa shape index (κ1) is 6.54. The molecular formula is C6H13N3O. The summed E-state index contributed by atoms with van der Waals surface area (Å²) in [5.41, 5.74) is 5.74. The van der Waals surface area contributed by atoms with Crippen LogP contribution in [0.15, 0.2) is 0 Å². The minimum atomic E-state index is -0.0747. The molecule has 2 saturated heterocycles. The summed E-state index contributed by atoms with van der Waals surface area (Å²) < 4.78 is 5.42. The molecule has 4 nitrogen and oxygen atoms in total. The lowest BCUT2D eigenvalue weighted by molar-refractivity contribution is -0.144. The zero-order valence-electron chi connectivity index (χ0n) is 5.92. The fourth-order valence-corrected chi connectivity index (χ4v) is 1.73. The Labute approximate surface area is 60.1 Å². The molecular weight excluding hydrogens is 130 g/mol. The Morgan fingerprint density at radius 2 is 2.30 bits per heavy atom. The van der Waals surface area contributed by atoms with E-state index in [1.54, 1.807) is 5.01 Å². The second kappa shape index (κ2) is 1.92. The summed E-state index contributed by atoms with van der Waals surface area (Å²) in [6, 6.07) is 0.117. The topological polar surface area (TPSA) is 64.5 Å². The van der Waals surface area contributed by atoms with Gasteiger partial charge in [-0.3, -0.25) is 5.84 Å². The van der Waals surface area contributed by atoms with Gasteiger partial charge in [-0.15, -0.1) is 0 Å². The van der Waals surface area contributed by atoms with Gasteiger partial charge in [-0.05, 0) is 0 Å². The van der Waals surface area contributed by atoms with E-state index in [0.717, 1.165) is 26.1 Å². The zero-order valence-corrected chi connectivity index (χ0v) is 5.92. The highest BCUT2D eigenvalue weighted by molar-refractivity contribution is 5.04. The molecule has 4 heteroatoms. The zero-order chi connectivity index (χ0) is 7.19. The summed E-state index contributed by atoms with van der Waals surface area (Å²) in [4.78, 5) is 0. The smallest absolute Gasteiger partial charge is 0.101 e. The molecule has 2 rings (SSSR count). The van der Waals surface area contributed by atoms with E-state index < -0.39 is 0 Å². The average molecular weight is 143 g/mol. The highest BCUT2D eigenvalue weighted by Gasteiger charge is 2.49. The predicted octanol–water partition coefficient (Wildman–Crippen LogP) is -1.34. The SMILES string of the molecule is NC1CN(N)CC12CCO2. The number of nitrogens with zero attached hydrogens (tertiary/aromatic N) is 1. The molecule has 2 aliphatic rings. The summed E-state index contributed by atoms with van der Waals surface area (Å²) in [7, 11) is 0. The molecule has 4 N–H and O–H groups in total. The highest BCUT2D eigenvalue weighted by Crippen LogP contribution is 2.33. The number of hydrogen-bond acceptors (Lipinski definition) is 4. The molecule has 0 radical (unpaired) electrons. The van der Waals surface area contributed by atoms with Crippen molar-refractivity contribution in [3.63, 3.8) is 0 Å². The molecule has 10 heavy (non-hydrogen) atoms. The third-order valence-corrected chi connectivity index (χ3v) is 2.49. The fraction of sp³-hybridized carbons (Fsp3) is 1.00. The third kappa shape index (κ3) is 0.703. The quantitative estimate of drug-likeness (QED) is 0.412. The van der Waals surface area contributed by atoms with Gasteiger partial charge in [-0.1, -0.05) is 0 Å². The van der Waals surface area contributed by atoms with Gasteiger partial charge in [0.15, 0.2) is 0 Å². The van der Waals surface area contributed by atoms with Crippen LogP contribution >= 0.6 is 0 Å². The van der Waals surface area contributed by atoms with Crippen LogP contribution in [0.3, 0.4) is 0 Å². The molecule has 1 spiro atoms. The van der Waals surface area contributed by atoms with Crippen molar-refractivity contribution in [2.75, 3.05) is 19.7 Å². The molecule has 2 fully saturated rings. The van der Waals surface area contributed by atoms with E-state index in [2.05, 4.69) is 0 Å². The second-order valence-electron chi connectivity index (χ2n) is 3.20. The minimum absolute atomic E-state index is 0.0747. The van der Waals surface area contributed by atoms with Crippen molar-refractivity contribution in [3.05, 3.63) is 0 Å². The summed E-state index contributed by atoms with van der Waals surface area (Å²) in [6.45, 7) is 2.41. The van der Waals surface area contributed by atoms with Crippen LogP contribution in [0.5, 0.6) is 0 Å². The highest BCUT2D eigenvalue weighted by atomic mass is 16.5. The summed E-state index contributed by atoms with van der Waals surface area (Å²) in [6.07, 6.45) is 1.07. The Balaban J connectivity index is 2.08. The van der Waals surface area contributed by atoms with Crippen molar-refractivity contribution in [2.45, 2.75) is 18.1 Å². The summed E-state index contributed by atoms with van der Waals surface area (Å²) in [5.74, 6) is 5.58. The van der Waals surface area contributed by atoms with E-state index in [1.165, 1.54) is 0 Å². The van der Waals surface area contributed by atoms with Crippen molar-refractivity contribution in [1.82, 2.24) is 5.01 Å². The molecule has 0 aromatic heterocycles. The van der Waals surface area contributed by atoms with Crippen LogP contribution in [0.4, 0.5) is 0 Å². The van der Waals surface area contributed by atoms with Gasteiger partial charge in [-0.2, -0.15) is 0 Å². The number of rotatable bonds is 0. The van der Waals surface area contributed by atoms with E-state index in [4.69, 9.17) is 16.3 Å². The van der Waals surface area contributed by atoms with Crippen LogP contribution in [0.25, 0.3) is 0 Å². The van der Waals surface area contributed by atoms with Gasteiger partial charge in [0.25, 0.3) is 0 Å². The lowest BCUT2D eigenvalue weighted by Gasteiger charge is -2.41. The first-order chi connectivity index (χ1) is 4.73. The van der Waals surface area contributed by atoms with Crippen LogP contribution in [0.2, 0.25) is 0 Å². The second-order valence-corrected chi connectivity index (χ2v) is 3.20. The number of nitrogens with two attached hydrogens (primary N) is 2. The van der Waals surface area contributed by atoms with Gasteiger partial charge in [0.2, 0.25) is 0 Å². The molecule has 2 atom stereocenters. The Morgan fingerprint density at radius 1 is 1.60 bits per heavy atom. The molecule has 58 valence electrons. The van der Waals surface area contributed by atoms with Crippen molar-refractivity contribution >= 4 is 0 Å². The summed E-state index contributed by atoms with van der Waals surface area (Å²) in [5, 5.41) is 1.74. The van der Waals surface area contributed by atoms with E-state index in [1.807, 2.05) is 0 Å². The molecule has 0 aliphatic carbocycles. The van der Waals surface area contributed by atoms with Crippen LogP contribution < -0.4 is 11.6 Å². The Bertz CT molecular complexity index is 146. The van der Waals surface area contributed by atoms with Gasteiger partial charge in [0, 0.05) is 25.6 Å². The number of ether oxygens (including phenoxy) is 1. The van der Waals surface area contributed by atoms with Gasteiger partial charge in [0.1, 0.15) is 5.60 Å². The molecule has 0 saturated carbocycles. The van der Waals surface area contributed by atoms with Gasteiger partial charge in [-0.25, -0.2) is 5.01 Å². The van der Waals surface area contributed by atoms with Crippen LogP contribution in [-0.4, -0.2) is 36.3 Å². The lowest BCUT2D eigenvalue weighted by atomic mass is 9.90. The molecule has 0 aromatic carbocycles. The maximum atomic E-state index is 5.82. The Kier molecular flexibility index (Phi) is 1.25. The largest absolute Gasteiger partial charge is 0.372 e. The van der Waals surface area contributed by atoms with Gasteiger partial charge >= 0.3 is 0 Å². The first-order valence-electron chi connectivity index (χ1n) is 3.62. The maximum absolute atomic E-state index is 5.82. The summed E-state index contributed by atoms with van der Waals surface area (Å²) >= 11 is 0. The molecule has 0 bridgehead atoms. The third-order valence-electron chi connectivity index (χ3n) is 2.49. The molecule has 2 heterocycles. The molecule has 2 aliphatic heterocycles. The van der Waals surface area contributed by atoms with Crippen LogP contribution in [0, 0.1) is 0 Å². The number of hydrazine groups is 1. The van der Waals surface area contributed by atoms with E-state index >= 15 is 0 Å². The minimum Gasteiger partial charge on any atom is -0.372 e. The molecule has 0 aromatic rings. The normalized spacial score (nSPS) is 48.0. The molecule has 2 unspecified atom stereocenters. The van der Waals surface area contributed by atoms with Crippen molar-refractivity contribution in [1.29, 1.82) is 0 Å². The van der Waals surface area contributed by atoms with E-state index in [-0.39, 0.29) is 11.6 Å².